The topological polar surface area (TPSA) is 62.2 Å². The number of aromatic nitrogens is 1. The molecule has 2 N–H and O–H groups in total. The quantitative estimate of drug-likeness (QED) is 0.777. The van der Waals surface area contributed by atoms with E-state index in [-0.39, 0.29) is 0 Å². The van der Waals surface area contributed by atoms with Gasteiger partial charge in [-0.25, -0.2) is 4.98 Å². The van der Waals surface area contributed by atoms with Gasteiger partial charge in [0.25, 0.3) is 0 Å². The zero-order valence-corrected chi connectivity index (χ0v) is 9.10. The largest absolute Gasteiger partial charge is 0.480 e. The lowest BCUT2D eigenvalue weighted by molar-refractivity contribution is -0.139. The summed E-state index contributed by atoms with van der Waals surface area (Å²) in [4.78, 5) is 15.9. The van der Waals surface area contributed by atoms with Gasteiger partial charge in [0.1, 0.15) is 6.04 Å². The maximum Gasteiger partial charge on any atom is 0.320 e. The molecule has 14 heavy (non-hydrogen) atoms. The molecule has 4 nitrogen and oxygen atoms in total. The fraction of sp³-hybridized carbons (Fsp3) is 0.556. The molecule has 1 rings (SSSR count). The number of rotatable bonds is 5. The second kappa shape index (κ2) is 5.07. The second-order valence-electron chi connectivity index (χ2n) is 3.03. The van der Waals surface area contributed by atoms with Crippen molar-refractivity contribution < 1.29 is 9.90 Å². The van der Waals surface area contributed by atoms with Crippen LogP contribution in [0, 0.1) is 6.92 Å². The first kappa shape index (κ1) is 11.1. The first-order valence-corrected chi connectivity index (χ1v) is 5.32. The summed E-state index contributed by atoms with van der Waals surface area (Å²) in [6, 6.07) is -0.461. The summed E-state index contributed by atoms with van der Waals surface area (Å²) in [5.74, 6) is -0.797. The zero-order chi connectivity index (χ0) is 10.6. The predicted octanol–water partition coefficient (Wildman–Crippen LogP) is 1.40. The molecule has 1 heterocycles. The number of carboxylic acid groups (broad SMARTS) is 1. The van der Waals surface area contributed by atoms with E-state index in [4.69, 9.17) is 5.11 Å². The Morgan fingerprint density at radius 1 is 1.79 bits per heavy atom. The molecule has 0 aromatic carbocycles. The summed E-state index contributed by atoms with van der Waals surface area (Å²) in [6.45, 7) is 4.36. The van der Waals surface area contributed by atoms with Gasteiger partial charge >= 0.3 is 5.97 Å². The molecule has 1 aromatic rings. The van der Waals surface area contributed by atoms with Crippen molar-refractivity contribution in [1.82, 2.24) is 10.3 Å². The summed E-state index contributed by atoms with van der Waals surface area (Å²) in [6.07, 6.45) is 2.37. The molecule has 78 valence electrons. The van der Waals surface area contributed by atoms with Crippen LogP contribution in [0.3, 0.4) is 0 Å². The molecule has 0 amide bonds. The van der Waals surface area contributed by atoms with Crippen LogP contribution < -0.4 is 5.32 Å². The van der Waals surface area contributed by atoms with Gasteiger partial charge in [-0.15, -0.1) is 11.3 Å². The number of aliphatic carboxylic acids is 1. The number of hydrogen-bond donors (Lipinski definition) is 2. The molecule has 0 aliphatic carbocycles. The SMILES string of the molecule is CCC(NCc1cnc(C)s1)C(=O)O. The molecule has 5 heteroatoms. The highest BCUT2D eigenvalue weighted by Gasteiger charge is 2.13. The minimum absolute atomic E-state index is 0.461. The number of aryl methyl sites for hydroxylation is 1. The van der Waals surface area contributed by atoms with Crippen LogP contribution in [0.5, 0.6) is 0 Å². The average Bonchev–Trinajstić information content (AvgIpc) is 2.52. The normalized spacial score (nSPS) is 12.7. The van der Waals surface area contributed by atoms with Crippen molar-refractivity contribution in [3.05, 3.63) is 16.1 Å². The van der Waals surface area contributed by atoms with E-state index in [2.05, 4.69) is 10.3 Å². The van der Waals surface area contributed by atoms with Gasteiger partial charge in [0.15, 0.2) is 0 Å². The van der Waals surface area contributed by atoms with Gasteiger partial charge in [-0.3, -0.25) is 10.1 Å². The monoisotopic (exact) mass is 214 g/mol. The van der Waals surface area contributed by atoms with Crippen LogP contribution in [0.25, 0.3) is 0 Å². The van der Waals surface area contributed by atoms with Crippen LogP contribution in [0.4, 0.5) is 0 Å². The standard InChI is InChI=1S/C9H14N2O2S/c1-3-8(9(12)13)11-5-7-4-10-6(2)14-7/h4,8,11H,3,5H2,1-2H3,(H,12,13). The Bertz CT molecular complexity index is 312. The van der Waals surface area contributed by atoms with Crippen LogP contribution in [0.2, 0.25) is 0 Å². The Labute approximate surface area is 87.0 Å². The van der Waals surface area contributed by atoms with Crippen LogP contribution in [-0.4, -0.2) is 22.1 Å². The number of nitrogens with zero attached hydrogens (tertiary/aromatic N) is 1. The molecular formula is C9H14N2O2S. The molecule has 0 saturated heterocycles. The van der Waals surface area contributed by atoms with Gasteiger partial charge < -0.3 is 5.11 Å². The van der Waals surface area contributed by atoms with Crippen molar-refractivity contribution in [2.45, 2.75) is 32.9 Å². The number of thiazole rings is 1. The third-order valence-corrected chi connectivity index (χ3v) is 2.81. The summed E-state index contributed by atoms with van der Waals surface area (Å²) in [7, 11) is 0. The summed E-state index contributed by atoms with van der Waals surface area (Å²) >= 11 is 1.59. The van der Waals surface area contributed by atoms with E-state index in [0.717, 1.165) is 9.88 Å². The Hall–Kier alpha value is -0.940. The maximum atomic E-state index is 10.7. The molecule has 0 fully saturated rings. The summed E-state index contributed by atoms with van der Waals surface area (Å²) in [5.41, 5.74) is 0. The van der Waals surface area contributed by atoms with Gasteiger partial charge in [0, 0.05) is 17.6 Å². The van der Waals surface area contributed by atoms with Crippen molar-refractivity contribution >= 4 is 17.3 Å². The summed E-state index contributed by atoms with van der Waals surface area (Å²) < 4.78 is 0. The first-order valence-electron chi connectivity index (χ1n) is 4.51. The highest BCUT2D eigenvalue weighted by Crippen LogP contribution is 2.11. The minimum Gasteiger partial charge on any atom is -0.480 e. The highest BCUT2D eigenvalue weighted by molar-refractivity contribution is 7.11. The average molecular weight is 214 g/mol. The first-order chi connectivity index (χ1) is 6.63. The zero-order valence-electron chi connectivity index (χ0n) is 8.28. The van der Waals surface area contributed by atoms with Crippen molar-refractivity contribution in [2.75, 3.05) is 0 Å². The number of hydrogen-bond acceptors (Lipinski definition) is 4. The molecule has 0 aliphatic rings. The molecule has 0 radical (unpaired) electrons. The fourth-order valence-electron chi connectivity index (χ4n) is 1.12. The van der Waals surface area contributed by atoms with E-state index in [1.807, 2.05) is 13.8 Å². The third-order valence-electron chi connectivity index (χ3n) is 1.90. The minimum atomic E-state index is -0.797. The Morgan fingerprint density at radius 3 is 2.93 bits per heavy atom. The molecule has 0 bridgehead atoms. The number of carbonyl (C=O) groups is 1. The fourth-order valence-corrected chi connectivity index (χ4v) is 1.86. The van der Waals surface area contributed by atoms with Gasteiger partial charge in [0.2, 0.25) is 0 Å². The summed E-state index contributed by atoms with van der Waals surface area (Å²) in [5, 5.41) is 12.8. The molecule has 1 aromatic heterocycles. The highest BCUT2D eigenvalue weighted by atomic mass is 32.1. The maximum absolute atomic E-state index is 10.7. The molecule has 0 saturated carbocycles. The predicted molar refractivity (Wildman–Crippen MR) is 55.4 cm³/mol. The van der Waals surface area contributed by atoms with Gasteiger partial charge in [0.05, 0.1) is 5.01 Å². The van der Waals surface area contributed by atoms with E-state index in [1.165, 1.54) is 0 Å². The van der Waals surface area contributed by atoms with Crippen molar-refractivity contribution in [3.63, 3.8) is 0 Å². The third kappa shape index (κ3) is 3.08. The van der Waals surface area contributed by atoms with E-state index in [0.29, 0.717) is 13.0 Å². The van der Waals surface area contributed by atoms with Crippen molar-refractivity contribution in [3.8, 4) is 0 Å². The van der Waals surface area contributed by atoms with Crippen molar-refractivity contribution in [1.29, 1.82) is 0 Å². The Balaban J connectivity index is 2.43. The Morgan fingerprint density at radius 2 is 2.50 bits per heavy atom. The van der Waals surface area contributed by atoms with E-state index < -0.39 is 12.0 Å². The molecule has 1 atom stereocenters. The second-order valence-corrected chi connectivity index (χ2v) is 4.34. The molecule has 1 unspecified atom stereocenters. The van der Waals surface area contributed by atoms with E-state index in [1.54, 1.807) is 17.5 Å². The van der Waals surface area contributed by atoms with Crippen molar-refractivity contribution in [2.24, 2.45) is 0 Å². The van der Waals surface area contributed by atoms with Gasteiger partial charge in [-0.1, -0.05) is 6.92 Å². The van der Waals surface area contributed by atoms with Crippen LogP contribution in [0.1, 0.15) is 23.2 Å². The molecule has 0 spiro atoms. The van der Waals surface area contributed by atoms with Crippen LogP contribution >= 0.6 is 11.3 Å². The molecule has 0 aliphatic heterocycles. The molecular weight excluding hydrogens is 200 g/mol. The van der Waals surface area contributed by atoms with E-state index >= 15 is 0 Å². The number of carboxylic acids is 1. The van der Waals surface area contributed by atoms with Gasteiger partial charge in [-0.05, 0) is 13.3 Å². The van der Waals surface area contributed by atoms with Crippen LogP contribution in [-0.2, 0) is 11.3 Å². The lowest BCUT2D eigenvalue weighted by atomic mass is 10.2. The number of nitrogens with one attached hydrogen (secondary N) is 1. The van der Waals surface area contributed by atoms with Gasteiger partial charge in [-0.2, -0.15) is 0 Å². The lowest BCUT2D eigenvalue weighted by Crippen LogP contribution is -2.35. The lowest BCUT2D eigenvalue weighted by Gasteiger charge is -2.10. The Kier molecular flexibility index (Phi) is 4.03. The van der Waals surface area contributed by atoms with E-state index in [9.17, 15) is 4.79 Å². The van der Waals surface area contributed by atoms with Crippen LogP contribution in [0.15, 0.2) is 6.20 Å². The smallest absolute Gasteiger partial charge is 0.320 e.